The Bertz CT molecular complexity index is 543. The van der Waals surface area contributed by atoms with Gasteiger partial charge in [-0.1, -0.05) is 6.07 Å². The summed E-state index contributed by atoms with van der Waals surface area (Å²) in [4.78, 5) is 8.97. The van der Waals surface area contributed by atoms with Crippen LogP contribution in [0.5, 0.6) is 0 Å². The van der Waals surface area contributed by atoms with E-state index in [1.165, 1.54) is 6.42 Å². The fraction of sp³-hybridized carbons (Fsp3) is 0.467. The second-order valence-electron chi connectivity index (χ2n) is 5.11. The van der Waals surface area contributed by atoms with Crippen LogP contribution >= 0.6 is 11.3 Å². The summed E-state index contributed by atoms with van der Waals surface area (Å²) in [5.74, 6) is 0. The van der Waals surface area contributed by atoms with Gasteiger partial charge in [-0.2, -0.15) is 0 Å². The summed E-state index contributed by atoms with van der Waals surface area (Å²) in [6.45, 7) is 0.824. The summed E-state index contributed by atoms with van der Waals surface area (Å²) in [6, 6.07) is 6.47. The van der Waals surface area contributed by atoms with E-state index in [4.69, 9.17) is 4.74 Å². The molecule has 106 valence electrons. The lowest BCUT2D eigenvalue weighted by atomic mass is 10.2. The van der Waals surface area contributed by atoms with Gasteiger partial charge in [0.25, 0.3) is 0 Å². The molecule has 0 saturated heterocycles. The maximum atomic E-state index is 5.39. The molecule has 0 bridgehead atoms. The molecular weight excluding hydrogens is 270 g/mol. The summed E-state index contributed by atoms with van der Waals surface area (Å²) in [5, 5.41) is 6.67. The normalized spacial score (nSPS) is 22.2. The van der Waals surface area contributed by atoms with E-state index in [0.717, 1.165) is 35.8 Å². The first-order chi connectivity index (χ1) is 9.85. The molecular formula is C15H19N3OS. The van der Waals surface area contributed by atoms with E-state index in [-0.39, 0.29) is 0 Å². The first kappa shape index (κ1) is 13.7. The molecule has 0 aliphatic heterocycles. The number of methoxy groups -OCH3 is 1. The number of ether oxygens (including phenoxy) is 1. The Balaban J connectivity index is 1.56. The third-order valence-electron chi connectivity index (χ3n) is 3.73. The van der Waals surface area contributed by atoms with Gasteiger partial charge >= 0.3 is 0 Å². The van der Waals surface area contributed by atoms with Gasteiger partial charge in [0.1, 0.15) is 5.01 Å². The lowest BCUT2D eigenvalue weighted by molar-refractivity contribution is 0.107. The molecule has 1 N–H and O–H groups in total. The van der Waals surface area contributed by atoms with Crippen molar-refractivity contribution < 1.29 is 4.74 Å². The Morgan fingerprint density at radius 2 is 2.35 bits per heavy atom. The van der Waals surface area contributed by atoms with E-state index in [9.17, 15) is 0 Å². The summed E-state index contributed by atoms with van der Waals surface area (Å²) in [5.41, 5.74) is 2.04. The molecule has 1 fully saturated rings. The number of aromatic nitrogens is 2. The standard InChI is InChI=1S/C15H19N3OS/c1-19-13-6-5-11(8-13)17-9-12-10-20-15(18-12)14-4-2-3-7-16-14/h2-4,7,10-11,13,17H,5-6,8-9H2,1H3. The van der Waals surface area contributed by atoms with Crippen LogP contribution in [0.1, 0.15) is 25.0 Å². The third kappa shape index (κ3) is 3.23. The molecule has 2 aromatic rings. The van der Waals surface area contributed by atoms with Crippen molar-refractivity contribution in [3.05, 3.63) is 35.5 Å². The van der Waals surface area contributed by atoms with Gasteiger partial charge in [0.2, 0.25) is 0 Å². The predicted octanol–water partition coefficient (Wildman–Crippen LogP) is 2.86. The van der Waals surface area contributed by atoms with Crippen molar-refractivity contribution in [1.82, 2.24) is 15.3 Å². The van der Waals surface area contributed by atoms with Crippen LogP contribution in [0.4, 0.5) is 0 Å². The molecule has 20 heavy (non-hydrogen) atoms. The maximum Gasteiger partial charge on any atom is 0.142 e. The molecule has 1 aliphatic rings. The second kappa shape index (κ2) is 6.43. The topological polar surface area (TPSA) is 47.0 Å². The van der Waals surface area contributed by atoms with Gasteiger partial charge in [-0.15, -0.1) is 11.3 Å². The Labute approximate surface area is 123 Å². The van der Waals surface area contributed by atoms with Crippen LogP contribution in [0.15, 0.2) is 29.8 Å². The Morgan fingerprint density at radius 3 is 3.10 bits per heavy atom. The fourth-order valence-electron chi connectivity index (χ4n) is 2.58. The summed E-state index contributed by atoms with van der Waals surface area (Å²) < 4.78 is 5.39. The van der Waals surface area contributed by atoms with E-state index in [1.54, 1.807) is 24.6 Å². The molecule has 2 heterocycles. The summed E-state index contributed by atoms with van der Waals surface area (Å²) >= 11 is 1.65. The zero-order valence-corrected chi connectivity index (χ0v) is 12.4. The molecule has 2 atom stereocenters. The van der Waals surface area contributed by atoms with Crippen LogP contribution in [0.3, 0.4) is 0 Å². The number of nitrogens with one attached hydrogen (secondary N) is 1. The van der Waals surface area contributed by atoms with Crippen LogP contribution in [-0.2, 0) is 11.3 Å². The number of hydrogen-bond acceptors (Lipinski definition) is 5. The average molecular weight is 289 g/mol. The van der Waals surface area contributed by atoms with Gasteiger partial charge in [-0.25, -0.2) is 4.98 Å². The number of rotatable bonds is 5. The van der Waals surface area contributed by atoms with Crippen LogP contribution in [0.25, 0.3) is 10.7 Å². The molecule has 3 rings (SSSR count). The van der Waals surface area contributed by atoms with Crippen LogP contribution in [-0.4, -0.2) is 29.2 Å². The smallest absolute Gasteiger partial charge is 0.142 e. The minimum Gasteiger partial charge on any atom is -0.381 e. The van der Waals surface area contributed by atoms with Gasteiger partial charge in [0.05, 0.1) is 17.5 Å². The Kier molecular flexibility index (Phi) is 4.40. The van der Waals surface area contributed by atoms with Crippen molar-refractivity contribution >= 4 is 11.3 Å². The highest BCUT2D eigenvalue weighted by Crippen LogP contribution is 2.23. The molecule has 1 saturated carbocycles. The molecule has 0 spiro atoms. The molecule has 0 radical (unpaired) electrons. The quantitative estimate of drug-likeness (QED) is 0.919. The van der Waals surface area contributed by atoms with Crippen molar-refractivity contribution in [2.75, 3.05) is 7.11 Å². The highest BCUT2D eigenvalue weighted by Gasteiger charge is 2.23. The molecule has 4 nitrogen and oxygen atoms in total. The monoisotopic (exact) mass is 289 g/mol. The van der Waals surface area contributed by atoms with Crippen molar-refractivity contribution in [2.24, 2.45) is 0 Å². The van der Waals surface area contributed by atoms with Crippen molar-refractivity contribution in [2.45, 2.75) is 38.0 Å². The zero-order valence-electron chi connectivity index (χ0n) is 11.6. The zero-order chi connectivity index (χ0) is 13.8. The Morgan fingerprint density at radius 1 is 1.40 bits per heavy atom. The average Bonchev–Trinajstić information content (AvgIpc) is 3.15. The van der Waals surface area contributed by atoms with Crippen molar-refractivity contribution in [1.29, 1.82) is 0 Å². The Hall–Kier alpha value is -1.30. The van der Waals surface area contributed by atoms with Crippen LogP contribution in [0.2, 0.25) is 0 Å². The largest absolute Gasteiger partial charge is 0.381 e. The first-order valence-electron chi connectivity index (χ1n) is 6.97. The van der Waals surface area contributed by atoms with Gasteiger partial charge in [-0.3, -0.25) is 4.98 Å². The molecule has 5 heteroatoms. The number of nitrogens with zero attached hydrogens (tertiary/aromatic N) is 2. The van der Waals surface area contributed by atoms with E-state index in [1.807, 2.05) is 18.2 Å². The van der Waals surface area contributed by atoms with Crippen LogP contribution in [0, 0.1) is 0 Å². The number of thiazole rings is 1. The maximum absolute atomic E-state index is 5.39. The minimum absolute atomic E-state index is 0.423. The molecule has 2 aromatic heterocycles. The minimum atomic E-state index is 0.423. The van der Waals surface area contributed by atoms with Gasteiger partial charge in [0.15, 0.2) is 0 Å². The van der Waals surface area contributed by atoms with Gasteiger partial charge in [-0.05, 0) is 31.4 Å². The lowest BCUT2D eigenvalue weighted by Crippen LogP contribution is -2.26. The molecule has 1 aliphatic carbocycles. The first-order valence-corrected chi connectivity index (χ1v) is 7.85. The second-order valence-corrected chi connectivity index (χ2v) is 5.97. The van der Waals surface area contributed by atoms with Crippen molar-refractivity contribution in [3.63, 3.8) is 0 Å². The van der Waals surface area contributed by atoms with Gasteiger partial charge < -0.3 is 10.1 Å². The predicted molar refractivity (Wildman–Crippen MR) is 80.6 cm³/mol. The molecule has 2 unspecified atom stereocenters. The lowest BCUT2D eigenvalue weighted by Gasteiger charge is -2.11. The highest BCUT2D eigenvalue weighted by molar-refractivity contribution is 7.13. The van der Waals surface area contributed by atoms with E-state index in [2.05, 4.69) is 20.7 Å². The van der Waals surface area contributed by atoms with E-state index in [0.29, 0.717) is 12.1 Å². The highest BCUT2D eigenvalue weighted by atomic mass is 32.1. The molecule has 0 amide bonds. The van der Waals surface area contributed by atoms with E-state index >= 15 is 0 Å². The number of pyridine rings is 1. The van der Waals surface area contributed by atoms with Crippen LogP contribution < -0.4 is 5.32 Å². The summed E-state index contributed by atoms with van der Waals surface area (Å²) in [7, 11) is 1.80. The number of hydrogen-bond donors (Lipinski definition) is 1. The third-order valence-corrected chi connectivity index (χ3v) is 4.64. The van der Waals surface area contributed by atoms with E-state index < -0.39 is 0 Å². The van der Waals surface area contributed by atoms with Gasteiger partial charge in [0, 0.05) is 31.3 Å². The SMILES string of the molecule is COC1CCC(NCc2csc(-c3ccccn3)n2)C1. The molecule has 0 aromatic carbocycles. The van der Waals surface area contributed by atoms with Crippen molar-refractivity contribution in [3.8, 4) is 10.7 Å². The summed E-state index contributed by atoms with van der Waals surface area (Å²) in [6.07, 6.45) is 5.68. The fourth-order valence-corrected chi connectivity index (χ4v) is 3.38.